The zero-order valence-electron chi connectivity index (χ0n) is 10.6. The van der Waals surface area contributed by atoms with Crippen LogP contribution in [0.25, 0.3) is 0 Å². The number of nitrogens with one attached hydrogen (secondary N) is 1. The molecule has 100 valence electrons. The molecule has 0 atom stereocenters. The fourth-order valence-electron chi connectivity index (χ4n) is 1.47. The van der Waals surface area contributed by atoms with E-state index < -0.39 is 0 Å². The number of anilines is 1. The average Bonchev–Trinajstić information content (AvgIpc) is 2.32. The normalized spacial score (nSPS) is 10.3. The van der Waals surface area contributed by atoms with E-state index in [0.29, 0.717) is 28.6 Å². The first kappa shape index (κ1) is 13.7. The highest BCUT2D eigenvalue weighted by Gasteiger charge is 2.07. The van der Waals surface area contributed by atoms with Gasteiger partial charge in [-0.25, -0.2) is 9.37 Å². The second-order valence-corrected chi connectivity index (χ2v) is 4.83. The molecule has 6 heteroatoms. The average molecular weight is 326 g/mol. The molecule has 0 aliphatic heterocycles. The van der Waals surface area contributed by atoms with Gasteiger partial charge in [-0.1, -0.05) is 15.9 Å². The molecule has 0 aliphatic rings. The summed E-state index contributed by atoms with van der Waals surface area (Å²) in [4.78, 5) is 8.35. The standard InChI is InChI=1S/C13H13BrFN3O/c1-3-16-13-17-7-8(2)12(18-13)19-11-5-9(14)4-10(15)6-11/h4-7H,3H2,1-2H3,(H,16,17,18). The summed E-state index contributed by atoms with van der Waals surface area (Å²) < 4.78 is 19.5. The molecule has 0 bridgehead atoms. The Morgan fingerprint density at radius 1 is 1.37 bits per heavy atom. The number of ether oxygens (including phenoxy) is 1. The SMILES string of the molecule is CCNc1ncc(C)c(Oc2cc(F)cc(Br)c2)n1. The Morgan fingerprint density at radius 2 is 2.16 bits per heavy atom. The third kappa shape index (κ3) is 3.64. The Morgan fingerprint density at radius 3 is 2.84 bits per heavy atom. The molecule has 0 amide bonds. The van der Waals surface area contributed by atoms with Crippen molar-refractivity contribution < 1.29 is 9.13 Å². The summed E-state index contributed by atoms with van der Waals surface area (Å²) in [6.07, 6.45) is 1.66. The maximum Gasteiger partial charge on any atom is 0.226 e. The van der Waals surface area contributed by atoms with Crippen LogP contribution in [0.15, 0.2) is 28.9 Å². The summed E-state index contributed by atoms with van der Waals surface area (Å²) in [5, 5.41) is 3.00. The van der Waals surface area contributed by atoms with Crippen molar-refractivity contribution in [3.63, 3.8) is 0 Å². The van der Waals surface area contributed by atoms with Crippen LogP contribution in [-0.4, -0.2) is 16.5 Å². The predicted molar refractivity (Wildman–Crippen MR) is 75.1 cm³/mol. The van der Waals surface area contributed by atoms with E-state index in [4.69, 9.17) is 4.74 Å². The summed E-state index contributed by atoms with van der Waals surface area (Å²) in [6.45, 7) is 4.50. The summed E-state index contributed by atoms with van der Waals surface area (Å²) in [6, 6.07) is 4.35. The van der Waals surface area contributed by atoms with Gasteiger partial charge in [0.25, 0.3) is 0 Å². The topological polar surface area (TPSA) is 47.0 Å². The molecule has 1 heterocycles. The molecule has 0 spiro atoms. The van der Waals surface area contributed by atoms with Crippen LogP contribution in [0.5, 0.6) is 11.6 Å². The van der Waals surface area contributed by atoms with Crippen LogP contribution < -0.4 is 10.1 Å². The van der Waals surface area contributed by atoms with Crippen molar-refractivity contribution in [3.8, 4) is 11.6 Å². The summed E-state index contributed by atoms with van der Waals surface area (Å²) in [7, 11) is 0. The Kier molecular flexibility index (Phi) is 4.31. The molecule has 1 aromatic carbocycles. The molecule has 0 fully saturated rings. The fraction of sp³-hybridized carbons (Fsp3) is 0.231. The number of nitrogens with zero attached hydrogens (tertiary/aromatic N) is 2. The number of benzene rings is 1. The molecule has 1 N–H and O–H groups in total. The Bertz CT molecular complexity index is 572. The molecule has 19 heavy (non-hydrogen) atoms. The zero-order valence-corrected chi connectivity index (χ0v) is 12.2. The molecule has 1 aromatic heterocycles. The van der Waals surface area contributed by atoms with E-state index in [2.05, 4.69) is 31.2 Å². The van der Waals surface area contributed by atoms with Gasteiger partial charge in [0.05, 0.1) is 0 Å². The van der Waals surface area contributed by atoms with Crippen LogP contribution >= 0.6 is 15.9 Å². The number of aromatic nitrogens is 2. The molecule has 0 saturated carbocycles. The van der Waals surface area contributed by atoms with Crippen molar-refractivity contribution in [3.05, 3.63) is 40.2 Å². The lowest BCUT2D eigenvalue weighted by atomic mass is 10.3. The van der Waals surface area contributed by atoms with E-state index in [1.807, 2.05) is 13.8 Å². The van der Waals surface area contributed by atoms with Crippen LogP contribution in [-0.2, 0) is 0 Å². The van der Waals surface area contributed by atoms with Gasteiger partial charge in [-0.2, -0.15) is 4.98 Å². The highest BCUT2D eigenvalue weighted by Crippen LogP contribution is 2.27. The summed E-state index contributed by atoms with van der Waals surface area (Å²) in [5.41, 5.74) is 0.780. The Labute approximate surface area is 119 Å². The van der Waals surface area contributed by atoms with Gasteiger partial charge in [0.15, 0.2) is 0 Å². The maximum absolute atomic E-state index is 13.3. The lowest BCUT2D eigenvalue weighted by molar-refractivity contribution is 0.453. The smallest absolute Gasteiger partial charge is 0.226 e. The Balaban J connectivity index is 2.28. The number of hydrogen-bond acceptors (Lipinski definition) is 4. The highest BCUT2D eigenvalue weighted by atomic mass is 79.9. The highest BCUT2D eigenvalue weighted by molar-refractivity contribution is 9.10. The van der Waals surface area contributed by atoms with Crippen LogP contribution in [0.2, 0.25) is 0 Å². The third-order valence-electron chi connectivity index (χ3n) is 2.31. The van der Waals surface area contributed by atoms with Gasteiger partial charge in [0.2, 0.25) is 11.8 Å². The molecule has 2 rings (SSSR count). The molecular formula is C13H13BrFN3O. The lowest BCUT2D eigenvalue weighted by Gasteiger charge is -2.09. The third-order valence-corrected chi connectivity index (χ3v) is 2.77. The van der Waals surface area contributed by atoms with Gasteiger partial charge in [0.1, 0.15) is 11.6 Å². The van der Waals surface area contributed by atoms with Crippen molar-refractivity contribution in [1.29, 1.82) is 0 Å². The van der Waals surface area contributed by atoms with Gasteiger partial charge < -0.3 is 10.1 Å². The molecule has 0 saturated heterocycles. The molecule has 4 nitrogen and oxygen atoms in total. The molecule has 0 unspecified atom stereocenters. The lowest BCUT2D eigenvalue weighted by Crippen LogP contribution is -2.03. The zero-order chi connectivity index (χ0) is 13.8. The van der Waals surface area contributed by atoms with E-state index in [0.717, 1.165) is 5.56 Å². The second kappa shape index (κ2) is 5.97. The van der Waals surface area contributed by atoms with Crippen LogP contribution in [0, 0.1) is 12.7 Å². The summed E-state index contributed by atoms with van der Waals surface area (Å²) >= 11 is 3.22. The number of halogens is 2. The van der Waals surface area contributed by atoms with Gasteiger partial charge in [0, 0.05) is 28.8 Å². The minimum absolute atomic E-state index is 0.372. The largest absolute Gasteiger partial charge is 0.438 e. The quantitative estimate of drug-likeness (QED) is 0.925. The first-order chi connectivity index (χ1) is 9.08. The van der Waals surface area contributed by atoms with Gasteiger partial charge in [-0.05, 0) is 26.0 Å². The fourth-order valence-corrected chi connectivity index (χ4v) is 1.92. The van der Waals surface area contributed by atoms with E-state index in [1.165, 1.54) is 12.1 Å². The molecule has 0 aliphatic carbocycles. The predicted octanol–water partition coefficient (Wildman–Crippen LogP) is 3.91. The van der Waals surface area contributed by atoms with Crippen molar-refractivity contribution in [1.82, 2.24) is 9.97 Å². The van der Waals surface area contributed by atoms with Crippen molar-refractivity contribution in [2.45, 2.75) is 13.8 Å². The first-order valence-corrected chi connectivity index (χ1v) is 6.59. The number of aryl methyl sites for hydroxylation is 1. The van der Waals surface area contributed by atoms with Crippen LogP contribution in [0.3, 0.4) is 0 Å². The van der Waals surface area contributed by atoms with Crippen molar-refractivity contribution in [2.75, 3.05) is 11.9 Å². The second-order valence-electron chi connectivity index (χ2n) is 3.92. The number of hydrogen-bond donors (Lipinski definition) is 1. The van der Waals surface area contributed by atoms with Crippen molar-refractivity contribution in [2.24, 2.45) is 0 Å². The maximum atomic E-state index is 13.3. The molecule has 2 aromatic rings. The summed E-state index contributed by atoms with van der Waals surface area (Å²) in [5.74, 6) is 0.904. The van der Waals surface area contributed by atoms with Gasteiger partial charge in [-0.3, -0.25) is 0 Å². The minimum atomic E-state index is -0.372. The first-order valence-electron chi connectivity index (χ1n) is 5.80. The van der Waals surface area contributed by atoms with Gasteiger partial charge in [-0.15, -0.1) is 0 Å². The molecule has 0 radical (unpaired) electrons. The van der Waals surface area contributed by atoms with E-state index in [1.54, 1.807) is 12.3 Å². The van der Waals surface area contributed by atoms with Crippen LogP contribution in [0.4, 0.5) is 10.3 Å². The van der Waals surface area contributed by atoms with Gasteiger partial charge >= 0.3 is 0 Å². The van der Waals surface area contributed by atoms with Crippen molar-refractivity contribution >= 4 is 21.9 Å². The number of rotatable bonds is 4. The molecular weight excluding hydrogens is 313 g/mol. The minimum Gasteiger partial charge on any atom is -0.438 e. The van der Waals surface area contributed by atoms with E-state index >= 15 is 0 Å². The van der Waals surface area contributed by atoms with Crippen LogP contribution in [0.1, 0.15) is 12.5 Å². The Hall–Kier alpha value is -1.69. The van der Waals surface area contributed by atoms with E-state index in [9.17, 15) is 4.39 Å². The van der Waals surface area contributed by atoms with E-state index in [-0.39, 0.29) is 5.82 Å². The monoisotopic (exact) mass is 325 g/mol.